The van der Waals surface area contributed by atoms with Gasteiger partial charge in [0.05, 0.1) is 0 Å². The molecule has 0 radical (unpaired) electrons. The number of hydrogen-bond donors (Lipinski definition) is 2. The Bertz CT molecular complexity index is 638. The molecule has 2 aromatic rings. The van der Waals surface area contributed by atoms with Crippen LogP contribution in [0.1, 0.15) is 25.6 Å². The van der Waals surface area contributed by atoms with Gasteiger partial charge in [0.25, 0.3) is 0 Å². The molecule has 0 fully saturated rings. The van der Waals surface area contributed by atoms with E-state index < -0.39 is 5.97 Å². The molecule has 112 valence electrons. The second kappa shape index (κ2) is 6.83. The Balaban J connectivity index is 1.79. The Kier molecular flexibility index (Phi) is 4.86. The second-order valence-electron chi connectivity index (χ2n) is 5.05. The molecule has 0 aliphatic rings. The van der Waals surface area contributed by atoms with Crippen LogP contribution in [0, 0.1) is 5.92 Å². The summed E-state index contributed by atoms with van der Waals surface area (Å²) in [7, 11) is 0. The van der Waals surface area contributed by atoms with E-state index in [1.807, 2.05) is 28.8 Å². The number of carbonyl (C=O) groups excluding carboxylic acids is 1. The maximum atomic E-state index is 11.7. The van der Waals surface area contributed by atoms with Gasteiger partial charge in [-0.05, 0) is 18.1 Å². The topological polar surface area (TPSA) is 96.6 Å². The molecule has 0 aliphatic carbocycles. The van der Waals surface area contributed by atoms with Crippen molar-refractivity contribution >= 4 is 17.5 Å². The third kappa shape index (κ3) is 4.27. The average Bonchev–Trinajstić information content (AvgIpc) is 2.81. The summed E-state index contributed by atoms with van der Waals surface area (Å²) in [6.45, 7) is 2.20. The number of aliphatic carboxylic acids is 1. The van der Waals surface area contributed by atoms with Gasteiger partial charge in [0.2, 0.25) is 5.91 Å². The van der Waals surface area contributed by atoms with Crippen molar-refractivity contribution in [2.75, 3.05) is 6.54 Å². The van der Waals surface area contributed by atoms with E-state index in [1.165, 1.54) is 0 Å². The van der Waals surface area contributed by atoms with Gasteiger partial charge in [-0.3, -0.25) is 14.0 Å². The van der Waals surface area contributed by atoms with Gasteiger partial charge >= 0.3 is 5.97 Å². The van der Waals surface area contributed by atoms with Crippen LogP contribution < -0.4 is 5.32 Å². The first-order chi connectivity index (χ1) is 10.1. The van der Waals surface area contributed by atoms with Gasteiger partial charge in [-0.25, -0.2) is 0 Å². The van der Waals surface area contributed by atoms with Crippen molar-refractivity contribution in [3.8, 4) is 0 Å². The summed E-state index contributed by atoms with van der Waals surface area (Å²) < 4.78 is 1.87. The summed E-state index contributed by atoms with van der Waals surface area (Å²) in [6.07, 6.45) is 2.67. The zero-order valence-corrected chi connectivity index (χ0v) is 11.8. The van der Waals surface area contributed by atoms with Crippen LogP contribution in [0.25, 0.3) is 5.65 Å². The molecule has 1 amide bonds. The quantitative estimate of drug-likeness (QED) is 0.789. The van der Waals surface area contributed by atoms with E-state index in [0.29, 0.717) is 13.0 Å². The van der Waals surface area contributed by atoms with Crippen molar-refractivity contribution in [3.05, 3.63) is 30.2 Å². The Morgan fingerprint density at radius 2 is 2.14 bits per heavy atom. The summed E-state index contributed by atoms with van der Waals surface area (Å²) >= 11 is 0. The summed E-state index contributed by atoms with van der Waals surface area (Å²) in [6, 6.07) is 5.65. The molecule has 0 aliphatic heterocycles. The molecule has 0 saturated heterocycles. The molecule has 1 unspecified atom stereocenters. The van der Waals surface area contributed by atoms with Gasteiger partial charge in [-0.1, -0.05) is 13.0 Å². The van der Waals surface area contributed by atoms with E-state index in [4.69, 9.17) is 5.11 Å². The van der Waals surface area contributed by atoms with E-state index in [2.05, 4.69) is 15.5 Å². The molecule has 2 N–H and O–H groups in total. The van der Waals surface area contributed by atoms with Crippen LogP contribution in [0.2, 0.25) is 0 Å². The monoisotopic (exact) mass is 290 g/mol. The van der Waals surface area contributed by atoms with Gasteiger partial charge in [0.15, 0.2) is 5.65 Å². The SMILES string of the molecule is CC(CC(=O)O)CC(=O)NCCc1nnc2ccccn12. The van der Waals surface area contributed by atoms with Crippen LogP contribution in [0.4, 0.5) is 0 Å². The van der Waals surface area contributed by atoms with E-state index in [9.17, 15) is 9.59 Å². The molecule has 0 saturated carbocycles. The van der Waals surface area contributed by atoms with Gasteiger partial charge in [0, 0.05) is 32.0 Å². The zero-order chi connectivity index (χ0) is 15.2. The molecular weight excluding hydrogens is 272 g/mol. The number of rotatable bonds is 7. The molecule has 2 heterocycles. The molecule has 21 heavy (non-hydrogen) atoms. The fourth-order valence-electron chi connectivity index (χ4n) is 2.13. The number of carboxylic acids is 1. The zero-order valence-electron chi connectivity index (χ0n) is 11.8. The summed E-state index contributed by atoms with van der Waals surface area (Å²) in [4.78, 5) is 22.2. The van der Waals surface area contributed by atoms with Gasteiger partial charge in [-0.2, -0.15) is 0 Å². The maximum Gasteiger partial charge on any atom is 0.303 e. The van der Waals surface area contributed by atoms with Crippen molar-refractivity contribution in [2.24, 2.45) is 5.92 Å². The number of fused-ring (bicyclic) bond motifs is 1. The molecule has 1 atom stereocenters. The number of nitrogens with zero attached hydrogens (tertiary/aromatic N) is 3. The Hall–Kier alpha value is -2.44. The van der Waals surface area contributed by atoms with Crippen LogP contribution in [-0.2, 0) is 16.0 Å². The fraction of sp³-hybridized carbons (Fsp3) is 0.429. The lowest BCUT2D eigenvalue weighted by atomic mass is 10.0. The lowest BCUT2D eigenvalue weighted by Crippen LogP contribution is -2.28. The number of amides is 1. The largest absolute Gasteiger partial charge is 0.481 e. The van der Waals surface area contributed by atoms with E-state index in [0.717, 1.165) is 11.5 Å². The highest BCUT2D eigenvalue weighted by molar-refractivity contribution is 5.77. The number of nitrogens with one attached hydrogen (secondary N) is 1. The predicted octanol–water partition coefficient (Wildman–Crippen LogP) is 0.889. The Morgan fingerprint density at radius 1 is 1.33 bits per heavy atom. The van der Waals surface area contributed by atoms with Crippen molar-refractivity contribution in [2.45, 2.75) is 26.2 Å². The van der Waals surface area contributed by atoms with Crippen molar-refractivity contribution in [1.29, 1.82) is 0 Å². The molecule has 0 bridgehead atoms. The summed E-state index contributed by atoms with van der Waals surface area (Å²) in [5.74, 6) is -0.413. The van der Waals surface area contributed by atoms with E-state index >= 15 is 0 Å². The van der Waals surface area contributed by atoms with Crippen molar-refractivity contribution < 1.29 is 14.7 Å². The third-order valence-electron chi connectivity index (χ3n) is 3.11. The standard InChI is InChI=1S/C14H18N4O3/c1-10(9-14(20)21)8-13(19)15-6-5-12-17-16-11-4-2-3-7-18(11)12/h2-4,7,10H,5-6,8-9H2,1H3,(H,15,19)(H,20,21). The van der Waals surface area contributed by atoms with Gasteiger partial charge in [0.1, 0.15) is 5.82 Å². The molecule has 2 rings (SSSR count). The van der Waals surface area contributed by atoms with Crippen molar-refractivity contribution in [3.63, 3.8) is 0 Å². The molecule has 7 nitrogen and oxygen atoms in total. The molecule has 0 aromatic carbocycles. The minimum atomic E-state index is -0.884. The number of carboxylic acid groups (broad SMARTS) is 1. The van der Waals surface area contributed by atoms with E-state index in [1.54, 1.807) is 6.92 Å². The normalized spacial score (nSPS) is 12.2. The van der Waals surface area contributed by atoms with Crippen LogP contribution >= 0.6 is 0 Å². The first-order valence-corrected chi connectivity index (χ1v) is 6.83. The summed E-state index contributed by atoms with van der Waals surface area (Å²) in [5.41, 5.74) is 0.772. The average molecular weight is 290 g/mol. The lowest BCUT2D eigenvalue weighted by molar-refractivity contribution is -0.138. The number of pyridine rings is 1. The van der Waals surface area contributed by atoms with Crippen LogP contribution in [0.5, 0.6) is 0 Å². The number of carbonyl (C=O) groups is 2. The minimum Gasteiger partial charge on any atom is -0.481 e. The van der Waals surface area contributed by atoms with Crippen LogP contribution in [0.15, 0.2) is 24.4 Å². The smallest absolute Gasteiger partial charge is 0.303 e. The second-order valence-corrected chi connectivity index (χ2v) is 5.05. The predicted molar refractivity (Wildman–Crippen MR) is 75.7 cm³/mol. The first kappa shape index (κ1) is 15.0. The molecule has 2 aromatic heterocycles. The minimum absolute atomic E-state index is 0.00222. The maximum absolute atomic E-state index is 11.7. The van der Waals surface area contributed by atoms with Crippen molar-refractivity contribution in [1.82, 2.24) is 19.9 Å². The lowest BCUT2D eigenvalue weighted by Gasteiger charge is -2.09. The summed E-state index contributed by atoms with van der Waals surface area (Å²) in [5, 5.41) is 19.5. The Labute approximate surface area is 122 Å². The molecular formula is C14H18N4O3. The highest BCUT2D eigenvalue weighted by Crippen LogP contribution is 2.07. The highest BCUT2D eigenvalue weighted by atomic mass is 16.4. The van der Waals surface area contributed by atoms with Gasteiger partial charge in [-0.15, -0.1) is 10.2 Å². The fourth-order valence-corrected chi connectivity index (χ4v) is 2.13. The number of aromatic nitrogens is 3. The van der Waals surface area contributed by atoms with E-state index in [-0.39, 0.29) is 24.7 Å². The third-order valence-corrected chi connectivity index (χ3v) is 3.11. The molecule has 0 spiro atoms. The Morgan fingerprint density at radius 3 is 2.90 bits per heavy atom. The highest BCUT2D eigenvalue weighted by Gasteiger charge is 2.12. The first-order valence-electron chi connectivity index (χ1n) is 6.83. The van der Waals surface area contributed by atoms with Crippen LogP contribution in [-0.4, -0.2) is 38.1 Å². The molecule has 7 heteroatoms. The number of hydrogen-bond acceptors (Lipinski definition) is 4. The van der Waals surface area contributed by atoms with Gasteiger partial charge < -0.3 is 10.4 Å². The van der Waals surface area contributed by atoms with Crippen LogP contribution in [0.3, 0.4) is 0 Å².